The molecule has 0 saturated carbocycles. The minimum atomic E-state index is -3.48. The molecule has 1 aliphatic rings. The molecular weight excluding hydrogens is 256 g/mol. The average Bonchev–Trinajstić information content (AvgIpc) is 2.41. The number of hydrogen-bond acceptors (Lipinski definition) is 5. The fourth-order valence-electron chi connectivity index (χ4n) is 1.68. The van der Waals surface area contributed by atoms with Crippen LogP contribution in [-0.2, 0) is 19.6 Å². The first kappa shape index (κ1) is 12.9. The molecule has 1 aliphatic heterocycles. The number of isocyanates is 1. The van der Waals surface area contributed by atoms with E-state index >= 15 is 0 Å². The second-order valence-corrected chi connectivity index (χ2v) is 5.65. The summed E-state index contributed by atoms with van der Waals surface area (Å²) in [6.07, 6.45) is 1.40. The highest BCUT2D eigenvalue weighted by Crippen LogP contribution is 2.20. The Morgan fingerprint density at radius 2 is 1.78 bits per heavy atom. The molecule has 0 amide bonds. The molecule has 0 bridgehead atoms. The lowest BCUT2D eigenvalue weighted by molar-refractivity contribution is 0.0730. The van der Waals surface area contributed by atoms with E-state index in [2.05, 4.69) is 4.99 Å². The maximum absolute atomic E-state index is 12.2. The molecule has 1 aromatic carbocycles. The number of benzene rings is 1. The predicted molar refractivity (Wildman–Crippen MR) is 63.8 cm³/mol. The number of ether oxygens (including phenoxy) is 1. The van der Waals surface area contributed by atoms with Crippen LogP contribution < -0.4 is 0 Å². The van der Waals surface area contributed by atoms with Gasteiger partial charge >= 0.3 is 0 Å². The Balaban J connectivity index is 2.26. The minimum Gasteiger partial charge on any atom is -0.379 e. The third-order valence-electron chi connectivity index (χ3n) is 2.62. The minimum absolute atomic E-state index is 0.189. The van der Waals surface area contributed by atoms with E-state index in [0.717, 1.165) is 0 Å². The van der Waals surface area contributed by atoms with E-state index in [0.29, 0.717) is 32.0 Å². The van der Waals surface area contributed by atoms with Gasteiger partial charge in [0.2, 0.25) is 16.1 Å². The number of nitrogens with zero attached hydrogens (tertiary/aromatic N) is 2. The van der Waals surface area contributed by atoms with Crippen molar-refractivity contribution in [1.82, 2.24) is 4.31 Å². The van der Waals surface area contributed by atoms with Crippen LogP contribution in [0.2, 0.25) is 0 Å². The highest BCUT2D eigenvalue weighted by molar-refractivity contribution is 7.89. The zero-order chi connectivity index (χ0) is 13.0. The van der Waals surface area contributed by atoms with Crippen molar-refractivity contribution in [2.24, 2.45) is 4.99 Å². The number of sulfonamides is 1. The van der Waals surface area contributed by atoms with Crippen LogP contribution in [0.25, 0.3) is 0 Å². The molecule has 0 atom stereocenters. The second kappa shape index (κ2) is 5.41. The summed E-state index contributed by atoms with van der Waals surface area (Å²) in [5.74, 6) is 0. The highest BCUT2D eigenvalue weighted by Gasteiger charge is 2.25. The van der Waals surface area contributed by atoms with E-state index in [1.807, 2.05) is 0 Å². The molecule has 0 aromatic heterocycles. The Morgan fingerprint density at radius 1 is 1.17 bits per heavy atom. The van der Waals surface area contributed by atoms with Crippen LogP contribution in [0.5, 0.6) is 0 Å². The van der Waals surface area contributed by atoms with Crippen molar-refractivity contribution in [2.45, 2.75) is 4.90 Å². The molecule has 7 heteroatoms. The van der Waals surface area contributed by atoms with Crippen LogP contribution in [0.15, 0.2) is 34.2 Å². The van der Waals surface area contributed by atoms with Gasteiger partial charge in [-0.2, -0.15) is 9.30 Å². The van der Waals surface area contributed by atoms with Gasteiger partial charge in [0.15, 0.2) is 0 Å². The van der Waals surface area contributed by atoms with Crippen molar-refractivity contribution in [1.29, 1.82) is 0 Å². The Kier molecular flexibility index (Phi) is 3.88. The van der Waals surface area contributed by atoms with Crippen LogP contribution in [0.1, 0.15) is 0 Å². The number of carbonyl (C=O) groups excluding carboxylic acids is 1. The van der Waals surface area contributed by atoms with Crippen molar-refractivity contribution < 1.29 is 17.9 Å². The van der Waals surface area contributed by atoms with Gasteiger partial charge in [-0.05, 0) is 24.3 Å². The largest absolute Gasteiger partial charge is 0.379 e. The van der Waals surface area contributed by atoms with Crippen LogP contribution in [0.4, 0.5) is 5.69 Å². The summed E-state index contributed by atoms with van der Waals surface area (Å²) in [4.78, 5) is 13.7. The normalized spacial score (nSPS) is 17.1. The summed E-state index contributed by atoms with van der Waals surface area (Å²) < 4.78 is 30.9. The van der Waals surface area contributed by atoms with Crippen molar-refractivity contribution in [3.8, 4) is 0 Å². The van der Waals surface area contributed by atoms with Gasteiger partial charge in [0.05, 0.1) is 23.8 Å². The Morgan fingerprint density at radius 3 is 2.33 bits per heavy atom. The molecule has 0 radical (unpaired) electrons. The zero-order valence-electron chi connectivity index (χ0n) is 9.57. The molecule has 1 aromatic rings. The summed E-state index contributed by atoms with van der Waals surface area (Å²) in [5, 5.41) is 0. The molecule has 1 heterocycles. The molecule has 1 saturated heterocycles. The third kappa shape index (κ3) is 2.65. The molecule has 0 spiro atoms. The highest BCUT2D eigenvalue weighted by atomic mass is 32.2. The van der Waals surface area contributed by atoms with Crippen LogP contribution in [0.3, 0.4) is 0 Å². The van der Waals surface area contributed by atoms with Gasteiger partial charge in [-0.25, -0.2) is 13.2 Å². The average molecular weight is 268 g/mol. The molecule has 2 rings (SSSR count). The van der Waals surface area contributed by atoms with Crippen LogP contribution in [0, 0.1) is 0 Å². The Labute approximate surface area is 105 Å². The van der Waals surface area contributed by atoms with Gasteiger partial charge in [-0.1, -0.05) is 0 Å². The molecule has 0 unspecified atom stereocenters. The first-order valence-electron chi connectivity index (χ1n) is 5.40. The monoisotopic (exact) mass is 268 g/mol. The molecule has 18 heavy (non-hydrogen) atoms. The van der Waals surface area contributed by atoms with Gasteiger partial charge in [-0.15, -0.1) is 0 Å². The van der Waals surface area contributed by atoms with E-state index in [-0.39, 0.29) is 4.90 Å². The molecule has 96 valence electrons. The maximum Gasteiger partial charge on any atom is 0.243 e. The number of rotatable bonds is 3. The van der Waals surface area contributed by atoms with Gasteiger partial charge < -0.3 is 4.74 Å². The van der Waals surface area contributed by atoms with Crippen LogP contribution >= 0.6 is 0 Å². The molecule has 0 aliphatic carbocycles. The summed E-state index contributed by atoms with van der Waals surface area (Å²) in [6.45, 7) is 1.53. The number of aliphatic imine (C=N–C) groups is 1. The standard InChI is InChI=1S/C11H12N2O4S/c14-9-12-10-1-3-11(4-2-10)18(15,16)13-5-7-17-8-6-13/h1-4H,5-8H2. The quantitative estimate of drug-likeness (QED) is 0.596. The summed E-state index contributed by atoms with van der Waals surface area (Å²) >= 11 is 0. The third-order valence-corrected chi connectivity index (χ3v) is 4.53. The predicted octanol–water partition coefficient (Wildman–Crippen LogP) is 0.675. The Hall–Kier alpha value is -1.53. The van der Waals surface area contributed by atoms with Gasteiger partial charge in [0.1, 0.15) is 0 Å². The summed E-state index contributed by atoms with van der Waals surface area (Å²) in [6, 6.07) is 5.80. The SMILES string of the molecule is O=C=Nc1ccc(S(=O)(=O)N2CCOCC2)cc1. The van der Waals surface area contributed by atoms with E-state index < -0.39 is 10.0 Å². The van der Waals surface area contributed by atoms with Crippen molar-refractivity contribution >= 4 is 21.8 Å². The van der Waals surface area contributed by atoms with Crippen molar-refractivity contribution in [2.75, 3.05) is 26.3 Å². The lowest BCUT2D eigenvalue weighted by atomic mass is 10.3. The summed E-state index contributed by atoms with van der Waals surface area (Å²) in [5.41, 5.74) is 0.380. The number of morpholine rings is 1. The van der Waals surface area contributed by atoms with E-state index in [1.165, 1.54) is 34.7 Å². The fraction of sp³-hybridized carbons (Fsp3) is 0.364. The Bertz CT molecular complexity index is 555. The van der Waals surface area contributed by atoms with Gasteiger partial charge in [0.25, 0.3) is 0 Å². The number of hydrogen-bond donors (Lipinski definition) is 0. The van der Waals surface area contributed by atoms with E-state index in [9.17, 15) is 13.2 Å². The van der Waals surface area contributed by atoms with Crippen molar-refractivity contribution in [3.05, 3.63) is 24.3 Å². The van der Waals surface area contributed by atoms with Gasteiger partial charge in [-0.3, -0.25) is 0 Å². The fourth-order valence-corrected chi connectivity index (χ4v) is 3.09. The zero-order valence-corrected chi connectivity index (χ0v) is 10.4. The van der Waals surface area contributed by atoms with E-state index in [1.54, 1.807) is 0 Å². The molecule has 0 N–H and O–H groups in total. The van der Waals surface area contributed by atoms with Gasteiger partial charge in [0, 0.05) is 13.1 Å². The lowest BCUT2D eigenvalue weighted by Crippen LogP contribution is -2.40. The topological polar surface area (TPSA) is 76.0 Å². The van der Waals surface area contributed by atoms with Crippen molar-refractivity contribution in [3.63, 3.8) is 0 Å². The molecule has 6 nitrogen and oxygen atoms in total. The molecular formula is C11H12N2O4S. The molecule has 1 fully saturated rings. The first-order valence-corrected chi connectivity index (χ1v) is 6.84. The van der Waals surface area contributed by atoms with E-state index in [4.69, 9.17) is 4.74 Å². The van der Waals surface area contributed by atoms with Crippen LogP contribution in [-0.4, -0.2) is 45.1 Å². The lowest BCUT2D eigenvalue weighted by Gasteiger charge is -2.25. The maximum atomic E-state index is 12.2. The first-order chi connectivity index (χ1) is 8.64. The summed E-state index contributed by atoms with van der Waals surface area (Å²) in [7, 11) is -3.48. The smallest absolute Gasteiger partial charge is 0.243 e. The second-order valence-electron chi connectivity index (χ2n) is 3.71.